The van der Waals surface area contributed by atoms with Crippen LogP contribution in [0.2, 0.25) is 0 Å². The number of aryl methyl sites for hydroxylation is 2. The van der Waals surface area contributed by atoms with E-state index >= 15 is 0 Å². The van der Waals surface area contributed by atoms with E-state index in [0.717, 1.165) is 25.5 Å². The number of fused-ring (bicyclic) bond motifs is 1. The third-order valence-electron chi connectivity index (χ3n) is 4.17. The molecule has 0 aliphatic carbocycles. The van der Waals surface area contributed by atoms with Crippen LogP contribution in [0, 0.1) is 10.1 Å². The second-order valence-corrected chi connectivity index (χ2v) is 6.88. The van der Waals surface area contributed by atoms with Crippen LogP contribution in [-0.4, -0.2) is 23.7 Å². The number of nitro groups is 1. The number of nitro benzene ring substituents is 1. The summed E-state index contributed by atoms with van der Waals surface area (Å²) in [5.41, 5.74) is -2.08. The average molecular weight is 390 g/mol. The fraction of sp³-hybridized carbons (Fsp3) is 0.188. The molecule has 0 aliphatic rings. The fourth-order valence-electron chi connectivity index (χ4n) is 2.74. The summed E-state index contributed by atoms with van der Waals surface area (Å²) in [6.45, 7) is 0. The molecule has 1 N–H and O–H groups in total. The van der Waals surface area contributed by atoms with Crippen LogP contribution in [0.15, 0.2) is 48.4 Å². The number of aromatic nitrogens is 3. The van der Waals surface area contributed by atoms with Crippen molar-refractivity contribution in [2.45, 2.75) is 9.79 Å². The zero-order chi connectivity index (χ0) is 20.0. The van der Waals surface area contributed by atoms with Crippen molar-refractivity contribution in [3.05, 3.63) is 65.6 Å². The quantitative estimate of drug-likeness (QED) is 0.515. The molecule has 10 nitrogen and oxygen atoms in total. The maximum atomic E-state index is 12.7. The van der Waals surface area contributed by atoms with Crippen LogP contribution in [0.5, 0.6) is 5.75 Å². The summed E-state index contributed by atoms with van der Waals surface area (Å²) in [5, 5.41) is 21.2. The Bertz CT molecular complexity index is 1270. The van der Waals surface area contributed by atoms with Gasteiger partial charge in [0.25, 0.3) is 16.8 Å². The second-order valence-electron chi connectivity index (χ2n) is 5.80. The highest BCUT2D eigenvalue weighted by Crippen LogP contribution is 2.35. The van der Waals surface area contributed by atoms with E-state index in [4.69, 9.17) is 0 Å². The maximum absolute atomic E-state index is 12.7. The van der Waals surface area contributed by atoms with Gasteiger partial charge >= 0.3 is 5.69 Å². The summed E-state index contributed by atoms with van der Waals surface area (Å²) in [6, 6.07) is 5.41. The minimum atomic E-state index is -0.730. The molecule has 1 aromatic carbocycles. The molecule has 0 radical (unpaired) electrons. The molecule has 2 heterocycles. The van der Waals surface area contributed by atoms with Crippen LogP contribution in [0.4, 0.5) is 5.69 Å². The lowest BCUT2D eigenvalue weighted by Crippen LogP contribution is -2.39. The molecule has 2 aromatic heterocycles. The standard InChI is InChI=1S/C16H14N4O6S/c1-17-13-10(14(22)19(3)16(24)18(13)2)11(21)12(15(17)23)27-9-6-4-8(5-7-9)20(25)26/h4-7,21H,1-3H3. The minimum Gasteiger partial charge on any atom is -0.506 e. The lowest BCUT2D eigenvalue weighted by atomic mass is 10.3. The summed E-state index contributed by atoms with van der Waals surface area (Å²) < 4.78 is 3.07. The lowest BCUT2D eigenvalue weighted by Gasteiger charge is -2.14. The van der Waals surface area contributed by atoms with Gasteiger partial charge in [0, 0.05) is 38.2 Å². The van der Waals surface area contributed by atoms with Crippen molar-refractivity contribution in [3.63, 3.8) is 0 Å². The van der Waals surface area contributed by atoms with Gasteiger partial charge in [-0.15, -0.1) is 0 Å². The molecule has 0 saturated carbocycles. The molecule has 0 spiro atoms. The summed E-state index contributed by atoms with van der Waals surface area (Å²) in [6.07, 6.45) is 0. The maximum Gasteiger partial charge on any atom is 0.332 e. The Morgan fingerprint density at radius 1 is 0.963 bits per heavy atom. The number of rotatable bonds is 3. The van der Waals surface area contributed by atoms with E-state index in [1.54, 1.807) is 0 Å². The molecule has 0 bridgehead atoms. The van der Waals surface area contributed by atoms with E-state index in [1.807, 2.05) is 0 Å². The van der Waals surface area contributed by atoms with Gasteiger partial charge in [-0.25, -0.2) is 4.79 Å². The van der Waals surface area contributed by atoms with Gasteiger partial charge in [0.1, 0.15) is 15.9 Å². The smallest absolute Gasteiger partial charge is 0.332 e. The van der Waals surface area contributed by atoms with Gasteiger partial charge in [-0.05, 0) is 12.1 Å². The average Bonchev–Trinajstić information content (AvgIpc) is 2.65. The van der Waals surface area contributed by atoms with Crippen molar-refractivity contribution < 1.29 is 10.0 Å². The molecule has 0 saturated heterocycles. The number of non-ortho nitro benzene ring substituents is 1. The van der Waals surface area contributed by atoms with Crippen molar-refractivity contribution in [1.82, 2.24) is 13.7 Å². The summed E-state index contributed by atoms with van der Waals surface area (Å²) in [5.74, 6) is -0.535. The van der Waals surface area contributed by atoms with Gasteiger partial charge in [0.05, 0.1) is 4.92 Å². The zero-order valence-corrected chi connectivity index (χ0v) is 15.3. The third-order valence-corrected chi connectivity index (χ3v) is 5.25. The molecule has 0 aliphatic heterocycles. The Morgan fingerprint density at radius 3 is 2.11 bits per heavy atom. The Morgan fingerprint density at radius 2 is 1.56 bits per heavy atom. The van der Waals surface area contributed by atoms with Crippen molar-refractivity contribution in [1.29, 1.82) is 0 Å². The van der Waals surface area contributed by atoms with Gasteiger partial charge in [-0.2, -0.15) is 0 Å². The van der Waals surface area contributed by atoms with Crippen LogP contribution in [0.3, 0.4) is 0 Å². The van der Waals surface area contributed by atoms with E-state index < -0.39 is 27.5 Å². The van der Waals surface area contributed by atoms with Crippen LogP contribution >= 0.6 is 11.8 Å². The number of benzene rings is 1. The van der Waals surface area contributed by atoms with E-state index in [0.29, 0.717) is 4.90 Å². The van der Waals surface area contributed by atoms with Gasteiger partial charge in [0.15, 0.2) is 5.75 Å². The van der Waals surface area contributed by atoms with E-state index in [2.05, 4.69) is 0 Å². The van der Waals surface area contributed by atoms with Crippen molar-refractivity contribution >= 4 is 28.5 Å². The Labute approximate surface area is 155 Å². The van der Waals surface area contributed by atoms with Crippen molar-refractivity contribution in [2.75, 3.05) is 0 Å². The fourth-order valence-corrected chi connectivity index (χ4v) is 3.67. The predicted octanol–water partition coefficient (Wildman–Crippen LogP) is 0.701. The summed E-state index contributed by atoms with van der Waals surface area (Å²) >= 11 is 0.873. The molecule has 0 fully saturated rings. The first kappa shape index (κ1) is 18.5. The van der Waals surface area contributed by atoms with Crippen LogP contribution < -0.4 is 16.8 Å². The van der Waals surface area contributed by atoms with E-state index in [9.17, 15) is 29.6 Å². The highest BCUT2D eigenvalue weighted by atomic mass is 32.2. The van der Waals surface area contributed by atoms with Gasteiger partial charge in [-0.3, -0.25) is 33.4 Å². The number of hydrogen-bond acceptors (Lipinski definition) is 7. The predicted molar refractivity (Wildman–Crippen MR) is 98.6 cm³/mol. The lowest BCUT2D eigenvalue weighted by molar-refractivity contribution is -0.384. The van der Waals surface area contributed by atoms with Crippen molar-refractivity contribution in [3.8, 4) is 5.75 Å². The van der Waals surface area contributed by atoms with Gasteiger partial charge in [-0.1, -0.05) is 11.8 Å². The first-order valence-corrected chi connectivity index (χ1v) is 8.40. The monoisotopic (exact) mass is 390 g/mol. The SMILES string of the molecule is Cn1c(=O)c2c(O)c(Sc3ccc([N+](=O)[O-])cc3)c(=O)n(C)c2n(C)c1=O. The molecule has 3 aromatic rings. The van der Waals surface area contributed by atoms with E-state index in [-0.39, 0.29) is 21.6 Å². The molecule has 0 unspecified atom stereocenters. The van der Waals surface area contributed by atoms with Crippen LogP contribution in [-0.2, 0) is 21.1 Å². The highest BCUT2D eigenvalue weighted by Gasteiger charge is 2.22. The van der Waals surface area contributed by atoms with Crippen LogP contribution in [0.1, 0.15) is 0 Å². The Balaban J connectivity index is 2.29. The molecule has 0 amide bonds. The van der Waals surface area contributed by atoms with Crippen molar-refractivity contribution in [2.24, 2.45) is 21.1 Å². The molecular formula is C16H14N4O6S. The number of aromatic hydroxyl groups is 1. The molecule has 27 heavy (non-hydrogen) atoms. The first-order valence-electron chi connectivity index (χ1n) is 7.59. The number of pyridine rings is 1. The minimum absolute atomic E-state index is 0.00125. The highest BCUT2D eigenvalue weighted by molar-refractivity contribution is 7.99. The molecule has 11 heteroatoms. The van der Waals surface area contributed by atoms with Gasteiger partial charge in [0.2, 0.25) is 0 Å². The van der Waals surface area contributed by atoms with Crippen LogP contribution in [0.25, 0.3) is 11.0 Å². The molecular weight excluding hydrogens is 376 g/mol. The zero-order valence-electron chi connectivity index (χ0n) is 14.5. The first-order chi connectivity index (χ1) is 12.6. The molecule has 3 rings (SSSR count). The van der Waals surface area contributed by atoms with E-state index in [1.165, 1.54) is 45.4 Å². The largest absolute Gasteiger partial charge is 0.506 e. The number of hydrogen-bond donors (Lipinski definition) is 1. The molecule has 0 atom stereocenters. The van der Waals surface area contributed by atoms with Gasteiger partial charge < -0.3 is 5.11 Å². The Kier molecular flexibility index (Phi) is 4.39. The second kappa shape index (κ2) is 6.43. The third kappa shape index (κ3) is 2.81. The topological polar surface area (TPSA) is 129 Å². The Hall–Kier alpha value is -3.34. The summed E-state index contributed by atoms with van der Waals surface area (Å²) in [4.78, 5) is 47.8. The normalized spacial score (nSPS) is 11.1. The summed E-state index contributed by atoms with van der Waals surface area (Å²) in [7, 11) is 4.06. The molecule has 140 valence electrons. The number of nitrogens with zero attached hydrogens (tertiary/aromatic N) is 4.